The van der Waals surface area contributed by atoms with E-state index in [0.29, 0.717) is 16.2 Å². The molecule has 0 radical (unpaired) electrons. The lowest BCUT2D eigenvalue weighted by atomic mass is 10.3. The number of aromatic nitrogens is 4. The van der Waals surface area contributed by atoms with Crippen LogP contribution < -0.4 is 5.73 Å². The van der Waals surface area contributed by atoms with Crippen LogP contribution in [0.3, 0.4) is 0 Å². The molecule has 0 fully saturated rings. The van der Waals surface area contributed by atoms with Gasteiger partial charge in [-0.2, -0.15) is 5.10 Å². The minimum Gasteiger partial charge on any atom is -0.369 e. The highest BCUT2D eigenvalue weighted by molar-refractivity contribution is 6.30. The van der Waals surface area contributed by atoms with Crippen LogP contribution in [-0.4, -0.2) is 19.3 Å². The van der Waals surface area contributed by atoms with E-state index in [9.17, 15) is 4.39 Å². The number of aryl methyl sites for hydroxylation is 2. The Hall–Kier alpha value is -2.08. The summed E-state index contributed by atoms with van der Waals surface area (Å²) in [5.74, 6) is -0.221. The maximum Gasteiger partial charge on any atom is 0.207 e. The van der Waals surface area contributed by atoms with E-state index in [1.807, 2.05) is 6.92 Å². The Kier molecular flexibility index (Phi) is 2.50. The number of nitrogen functional groups attached to an aromatic ring is 1. The Morgan fingerprint density at radius 3 is 2.84 bits per heavy atom. The number of imidazole rings is 1. The van der Waals surface area contributed by atoms with E-state index in [0.717, 1.165) is 5.69 Å². The van der Waals surface area contributed by atoms with Crippen LogP contribution in [-0.2, 0) is 7.05 Å². The lowest BCUT2D eigenvalue weighted by Crippen LogP contribution is -2.06. The molecule has 3 rings (SSSR count). The molecule has 0 spiro atoms. The van der Waals surface area contributed by atoms with Crippen LogP contribution >= 0.6 is 11.6 Å². The molecule has 2 aromatic heterocycles. The molecule has 2 heterocycles. The fraction of sp³-hybridized carbons (Fsp3) is 0.167. The second-order valence-electron chi connectivity index (χ2n) is 4.28. The van der Waals surface area contributed by atoms with E-state index in [2.05, 4.69) is 10.1 Å². The van der Waals surface area contributed by atoms with Gasteiger partial charge in [-0.1, -0.05) is 11.6 Å². The third-order valence-electron chi connectivity index (χ3n) is 2.98. The number of nitrogens with two attached hydrogens (primary N) is 1. The maximum atomic E-state index is 14.0. The number of rotatable bonds is 1. The number of halogens is 2. The first-order chi connectivity index (χ1) is 8.99. The van der Waals surface area contributed by atoms with Crippen LogP contribution in [0.4, 0.5) is 10.3 Å². The zero-order valence-electron chi connectivity index (χ0n) is 10.4. The number of hydrogen-bond acceptors (Lipinski definition) is 3. The van der Waals surface area contributed by atoms with E-state index in [1.54, 1.807) is 11.7 Å². The molecule has 0 unspecified atom stereocenters. The molecule has 0 bridgehead atoms. The van der Waals surface area contributed by atoms with Gasteiger partial charge in [-0.05, 0) is 25.1 Å². The first-order valence-electron chi connectivity index (χ1n) is 5.62. The van der Waals surface area contributed by atoms with Crippen molar-refractivity contribution in [2.45, 2.75) is 6.92 Å². The summed E-state index contributed by atoms with van der Waals surface area (Å²) in [6.45, 7) is 1.83. The number of fused-ring (bicyclic) bond motifs is 1. The van der Waals surface area contributed by atoms with Gasteiger partial charge >= 0.3 is 0 Å². The van der Waals surface area contributed by atoms with E-state index < -0.39 is 5.82 Å². The maximum absolute atomic E-state index is 14.0. The zero-order chi connectivity index (χ0) is 13.7. The van der Waals surface area contributed by atoms with Crippen molar-refractivity contribution in [3.8, 4) is 5.69 Å². The molecule has 0 saturated heterocycles. The van der Waals surface area contributed by atoms with E-state index in [1.165, 1.54) is 22.8 Å². The number of hydrogen-bond donors (Lipinski definition) is 1. The van der Waals surface area contributed by atoms with Gasteiger partial charge < -0.3 is 5.73 Å². The molecule has 0 saturated carbocycles. The highest BCUT2D eigenvalue weighted by atomic mass is 35.5. The Morgan fingerprint density at radius 1 is 1.37 bits per heavy atom. The van der Waals surface area contributed by atoms with Crippen molar-refractivity contribution in [3.63, 3.8) is 0 Å². The summed E-state index contributed by atoms with van der Waals surface area (Å²) in [6.07, 6.45) is 0. The molecule has 0 aliphatic carbocycles. The number of nitrogens with zero attached hydrogens (tertiary/aromatic N) is 4. The number of benzene rings is 1. The van der Waals surface area contributed by atoms with Crippen molar-refractivity contribution in [2.24, 2.45) is 7.05 Å². The quantitative estimate of drug-likeness (QED) is 0.744. The first kappa shape index (κ1) is 12.0. The van der Waals surface area contributed by atoms with Crippen LogP contribution in [0, 0.1) is 12.7 Å². The van der Waals surface area contributed by atoms with Crippen LogP contribution in [0.15, 0.2) is 18.2 Å². The monoisotopic (exact) mass is 279 g/mol. The van der Waals surface area contributed by atoms with Gasteiger partial charge in [-0.15, -0.1) is 0 Å². The summed E-state index contributed by atoms with van der Waals surface area (Å²) in [5, 5.41) is 4.68. The third kappa shape index (κ3) is 1.67. The van der Waals surface area contributed by atoms with Gasteiger partial charge in [-0.25, -0.2) is 14.1 Å². The van der Waals surface area contributed by atoms with Gasteiger partial charge in [0.25, 0.3) is 0 Å². The van der Waals surface area contributed by atoms with Gasteiger partial charge in [0.1, 0.15) is 11.3 Å². The molecule has 1 aromatic carbocycles. The summed E-state index contributed by atoms with van der Waals surface area (Å²) in [4.78, 5) is 4.23. The predicted molar refractivity (Wildman–Crippen MR) is 72.0 cm³/mol. The van der Waals surface area contributed by atoms with Crippen molar-refractivity contribution in [1.29, 1.82) is 0 Å². The second kappa shape index (κ2) is 3.96. The summed E-state index contributed by atoms with van der Waals surface area (Å²) >= 11 is 5.92. The topological polar surface area (TPSA) is 61.7 Å². The van der Waals surface area contributed by atoms with Gasteiger partial charge in [0.15, 0.2) is 5.65 Å². The molecule has 0 aliphatic rings. The Bertz CT molecular complexity index is 789. The van der Waals surface area contributed by atoms with Crippen molar-refractivity contribution < 1.29 is 4.39 Å². The average molecular weight is 280 g/mol. The van der Waals surface area contributed by atoms with Crippen molar-refractivity contribution in [2.75, 3.05) is 5.73 Å². The molecule has 3 aromatic rings. The number of anilines is 1. The largest absolute Gasteiger partial charge is 0.369 e. The fourth-order valence-electron chi connectivity index (χ4n) is 2.18. The average Bonchev–Trinajstić information content (AvgIpc) is 2.81. The summed E-state index contributed by atoms with van der Waals surface area (Å²) in [6, 6.07) is 4.29. The normalized spacial score (nSPS) is 11.4. The molecule has 19 heavy (non-hydrogen) atoms. The summed E-state index contributed by atoms with van der Waals surface area (Å²) in [5.41, 5.74) is 8.18. The molecular formula is C12H11ClFN5. The molecule has 5 nitrogen and oxygen atoms in total. The molecular weight excluding hydrogens is 269 g/mol. The molecule has 7 heteroatoms. The van der Waals surface area contributed by atoms with Crippen LogP contribution in [0.5, 0.6) is 0 Å². The van der Waals surface area contributed by atoms with Crippen molar-refractivity contribution in [3.05, 3.63) is 34.7 Å². The lowest BCUT2D eigenvalue weighted by molar-refractivity contribution is 0.618. The minimum absolute atomic E-state index is 0.201. The van der Waals surface area contributed by atoms with Crippen molar-refractivity contribution >= 4 is 28.7 Å². The second-order valence-corrected chi connectivity index (χ2v) is 4.72. The van der Waals surface area contributed by atoms with Gasteiger partial charge in [0, 0.05) is 12.1 Å². The van der Waals surface area contributed by atoms with Crippen LogP contribution in [0.25, 0.3) is 16.9 Å². The summed E-state index contributed by atoms with van der Waals surface area (Å²) < 4.78 is 17.1. The van der Waals surface area contributed by atoms with Gasteiger partial charge in [0.05, 0.1) is 11.4 Å². The highest BCUT2D eigenvalue weighted by Gasteiger charge is 2.19. The predicted octanol–water partition coefficient (Wildman–Crippen LogP) is 2.44. The Labute approximate surface area is 113 Å². The Balaban J connectivity index is 2.42. The lowest BCUT2D eigenvalue weighted by Gasteiger charge is -2.08. The molecule has 98 valence electrons. The molecule has 0 aliphatic heterocycles. The standard InChI is InChI=1S/C12H11ClFN5/c1-6-10-11(18(2)17-6)19(12(15)16-10)9-5-7(13)3-4-8(9)14/h3-5H,1-2H3,(H2,15,16). The fourth-order valence-corrected chi connectivity index (χ4v) is 2.35. The van der Waals surface area contributed by atoms with E-state index >= 15 is 0 Å². The van der Waals surface area contributed by atoms with Gasteiger partial charge in [-0.3, -0.25) is 4.57 Å². The van der Waals surface area contributed by atoms with Crippen LogP contribution in [0.2, 0.25) is 5.02 Å². The van der Waals surface area contributed by atoms with Crippen LogP contribution in [0.1, 0.15) is 5.69 Å². The van der Waals surface area contributed by atoms with E-state index in [4.69, 9.17) is 17.3 Å². The third-order valence-corrected chi connectivity index (χ3v) is 3.21. The highest BCUT2D eigenvalue weighted by Crippen LogP contribution is 2.27. The Morgan fingerprint density at radius 2 is 2.11 bits per heavy atom. The van der Waals surface area contributed by atoms with E-state index in [-0.39, 0.29) is 11.6 Å². The smallest absolute Gasteiger partial charge is 0.207 e. The molecule has 0 atom stereocenters. The first-order valence-corrected chi connectivity index (χ1v) is 6.00. The zero-order valence-corrected chi connectivity index (χ0v) is 11.1. The van der Waals surface area contributed by atoms with Gasteiger partial charge in [0.2, 0.25) is 5.95 Å². The molecule has 0 amide bonds. The molecule has 2 N–H and O–H groups in total. The minimum atomic E-state index is -0.422. The summed E-state index contributed by atoms with van der Waals surface area (Å²) in [7, 11) is 1.76. The SMILES string of the molecule is Cc1nn(C)c2c1nc(N)n2-c1cc(Cl)ccc1F. The van der Waals surface area contributed by atoms with Crippen molar-refractivity contribution in [1.82, 2.24) is 19.3 Å².